The molecular weight excluding hydrogens is 267 g/mol. The molecule has 0 spiro atoms. The van der Waals surface area contributed by atoms with Crippen LogP contribution >= 0.6 is 27.5 Å². The zero-order valence-electron chi connectivity index (χ0n) is 7.41. The molecule has 1 aromatic rings. The van der Waals surface area contributed by atoms with Crippen LogP contribution in [0.15, 0.2) is 16.7 Å². The fourth-order valence-electron chi connectivity index (χ4n) is 1.35. The molecule has 0 radical (unpaired) electrons. The van der Waals surface area contributed by atoms with Crippen molar-refractivity contribution in [2.24, 2.45) is 5.73 Å². The fourth-order valence-corrected chi connectivity index (χ4v) is 2.02. The van der Waals surface area contributed by atoms with Crippen molar-refractivity contribution < 1.29 is 4.74 Å². The normalized spacial score (nSPS) is 25.6. The van der Waals surface area contributed by atoms with E-state index in [4.69, 9.17) is 22.1 Å². The van der Waals surface area contributed by atoms with Gasteiger partial charge in [0.25, 0.3) is 0 Å². The third kappa shape index (κ3) is 2.19. The molecule has 1 aromatic heterocycles. The van der Waals surface area contributed by atoms with Crippen LogP contribution in [0.25, 0.3) is 0 Å². The van der Waals surface area contributed by atoms with Gasteiger partial charge >= 0.3 is 0 Å². The first-order valence-corrected chi connectivity index (χ1v) is 5.55. The Bertz CT molecular complexity index is 342. The molecule has 1 aliphatic carbocycles. The number of nitrogens with two attached hydrogens (primary N) is 1. The number of aromatic nitrogens is 1. The van der Waals surface area contributed by atoms with Gasteiger partial charge in [0.1, 0.15) is 11.1 Å². The fraction of sp³-hybridized carbons (Fsp3) is 0.444. The Labute approximate surface area is 95.7 Å². The van der Waals surface area contributed by atoms with E-state index in [1.807, 2.05) is 0 Å². The molecule has 0 unspecified atom stereocenters. The maximum absolute atomic E-state index is 5.94. The predicted molar refractivity (Wildman–Crippen MR) is 58.6 cm³/mol. The molecular formula is C9H10BrClN2O. The molecule has 0 aromatic carbocycles. The molecule has 0 bridgehead atoms. The van der Waals surface area contributed by atoms with Crippen LogP contribution in [-0.4, -0.2) is 17.1 Å². The van der Waals surface area contributed by atoms with Crippen molar-refractivity contribution in [3.8, 4) is 5.88 Å². The van der Waals surface area contributed by atoms with Crippen LogP contribution in [0.1, 0.15) is 12.8 Å². The number of hydrogen-bond acceptors (Lipinski definition) is 3. The highest BCUT2D eigenvalue weighted by Gasteiger charge is 2.28. The number of rotatable bonds is 2. The minimum atomic E-state index is 0.177. The summed E-state index contributed by atoms with van der Waals surface area (Å²) in [6.45, 7) is 0. The third-order valence-electron chi connectivity index (χ3n) is 2.18. The molecule has 0 atom stereocenters. The summed E-state index contributed by atoms with van der Waals surface area (Å²) >= 11 is 9.22. The van der Waals surface area contributed by atoms with Gasteiger partial charge in [-0.3, -0.25) is 0 Å². The maximum Gasteiger partial charge on any atom is 0.232 e. The monoisotopic (exact) mass is 276 g/mol. The van der Waals surface area contributed by atoms with Crippen LogP contribution in [0.4, 0.5) is 0 Å². The van der Waals surface area contributed by atoms with Crippen molar-refractivity contribution in [3.05, 3.63) is 21.8 Å². The van der Waals surface area contributed by atoms with Gasteiger partial charge in [0.2, 0.25) is 5.88 Å². The second-order valence-corrected chi connectivity index (χ2v) is 4.73. The number of hydrogen-bond donors (Lipinski definition) is 1. The van der Waals surface area contributed by atoms with E-state index in [2.05, 4.69) is 20.9 Å². The van der Waals surface area contributed by atoms with Gasteiger partial charge in [-0.25, -0.2) is 4.98 Å². The molecule has 14 heavy (non-hydrogen) atoms. The molecule has 0 saturated heterocycles. The maximum atomic E-state index is 5.94. The van der Waals surface area contributed by atoms with Gasteiger partial charge in [-0.2, -0.15) is 0 Å². The first kappa shape index (κ1) is 10.2. The lowest BCUT2D eigenvalue weighted by Crippen LogP contribution is -2.43. The molecule has 1 heterocycles. The van der Waals surface area contributed by atoms with E-state index in [0.717, 1.165) is 17.3 Å². The lowest BCUT2D eigenvalue weighted by molar-refractivity contribution is 0.0959. The third-order valence-corrected chi connectivity index (χ3v) is 2.89. The van der Waals surface area contributed by atoms with E-state index in [9.17, 15) is 0 Å². The Morgan fingerprint density at radius 2 is 2.29 bits per heavy atom. The van der Waals surface area contributed by atoms with Gasteiger partial charge in [0, 0.05) is 16.7 Å². The first-order valence-electron chi connectivity index (χ1n) is 4.38. The molecule has 2 rings (SSSR count). The van der Waals surface area contributed by atoms with Gasteiger partial charge in [-0.1, -0.05) is 11.6 Å². The van der Waals surface area contributed by atoms with Crippen LogP contribution in [0.2, 0.25) is 5.02 Å². The smallest absolute Gasteiger partial charge is 0.232 e. The van der Waals surface area contributed by atoms with Crippen molar-refractivity contribution in [3.63, 3.8) is 0 Å². The largest absolute Gasteiger partial charge is 0.473 e. The summed E-state index contributed by atoms with van der Waals surface area (Å²) in [5, 5.41) is 0.528. The molecule has 1 saturated carbocycles. The van der Waals surface area contributed by atoms with E-state index in [1.165, 1.54) is 0 Å². The van der Waals surface area contributed by atoms with Gasteiger partial charge in [0.15, 0.2) is 0 Å². The van der Waals surface area contributed by atoms with Gasteiger partial charge < -0.3 is 10.5 Å². The highest BCUT2D eigenvalue weighted by atomic mass is 79.9. The average molecular weight is 278 g/mol. The Hall–Kier alpha value is -0.320. The quantitative estimate of drug-likeness (QED) is 0.903. The Balaban J connectivity index is 2.02. The Morgan fingerprint density at radius 3 is 2.86 bits per heavy atom. The summed E-state index contributed by atoms with van der Waals surface area (Å²) in [5.74, 6) is 0.492. The Morgan fingerprint density at radius 1 is 1.57 bits per heavy atom. The number of halogens is 2. The average Bonchev–Trinajstić information content (AvgIpc) is 2.06. The molecule has 5 heteroatoms. The highest BCUT2D eigenvalue weighted by Crippen LogP contribution is 2.29. The van der Waals surface area contributed by atoms with Crippen molar-refractivity contribution in [1.29, 1.82) is 0 Å². The minimum Gasteiger partial charge on any atom is -0.473 e. The number of nitrogens with zero attached hydrogens (tertiary/aromatic N) is 1. The molecule has 0 aliphatic heterocycles. The van der Waals surface area contributed by atoms with E-state index in [1.54, 1.807) is 12.3 Å². The van der Waals surface area contributed by atoms with Crippen molar-refractivity contribution in [2.45, 2.75) is 25.0 Å². The minimum absolute atomic E-state index is 0.177. The van der Waals surface area contributed by atoms with Gasteiger partial charge in [-0.05, 0) is 34.8 Å². The summed E-state index contributed by atoms with van der Waals surface area (Å²) in [5.41, 5.74) is 5.64. The molecule has 76 valence electrons. The molecule has 2 N–H and O–H groups in total. The summed E-state index contributed by atoms with van der Waals surface area (Å²) in [6.07, 6.45) is 3.61. The molecule has 0 amide bonds. The lowest BCUT2D eigenvalue weighted by atomic mass is 9.90. The predicted octanol–water partition coefficient (Wildman–Crippen LogP) is 2.37. The highest BCUT2D eigenvalue weighted by molar-refractivity contribution is 9.10. The summed E-state index contributed by atoms with van der Waals surface area (Å²) in [7, 11) is 0. The second kappa shape index (κ2) is 4.04. The first-order chi connectivity index (χ1) is 6.65. The lowest BCUT2D eigenvalue weighted by Gasteiger charge is -2.32. The van der Waals surface area contributed by atoms with E-state index < -0.39 is 0 Å². The molecule has 3 nitrogen and oxygen atoms in total. The van der Waals surface area contributed by atoms with Crippen molar-refractivity contribution >= 4 is 27.5 Å². The summed E-state index contributed by atoms with van der Waals surface area (Å²) in [4.78, 5) is 4.08. The second-order valence-electron chi connectivity index (χ2n) is 3.41. The van der Waals surface area contributed by atoms with Crippen LogP contribution in [0.3, 0.4) is 0 Å². The summed E-state index contributed by atoms with van der Waals surface area (Å²) < 4.78 is 6.41. The van der Waals surface area contributed by atoms with E-state index in [0.29, 0.717) is 10.9 Å². The van der Waals surface area contributed by atoms with Crippen molar-refractivity contribution in [2.75, 3.05) is 0 Å². The number of ether oxygens (including phenoxy) is 1. The van der Waals surface area contributed by atoms with Crippen LogP contribution < -0.4 is 10.5 Å². The zero-order chi connectivity index (χ0) is 10.1. The van der Waals surface area contributed by atoms with Gasteiger partial charge in [0.05, 0.1) is 0 Å². The van der Waals surface area contributed by atoms with Crippen LogP contribution in [0.5, 0.6) is 5.88 Å². The summed E-state index contributed by atoms with van der Waals surface area (Å²) in [6, 6.07) is 2.04. The Kier molecular flexibility index (Phi) is 2.95. The van der Waals surface area contributed by atoms with Crippen LogP contribution in [0, 0.1) is 0 Å². The molecule has 1 aliphatic rings. The van der Waals surface area contributed by atoms with Gasteiger partial charge in [-0.15, -0.1) is 0 Å². The zero-order valence-corrected chi connectivity index (χ0v) is 9.75. The van der Waals surface area contributed by atoms with E-state index in [-0.39, 0.29) is 12.1 Å². The topological polar surface area (TPSA) is 48.1 Å². The van der Waals surface area contributed by atoms with Crippen LogP contribution in [-0.2, 0) is 0 Å². The standard InChI is InChI=1S/C9H10BrClN2O/c10-5-1-8(11)9(13-4-5)14-7-2-6(12)3-7/h1,4,6-7H,2-3,12H2. The number of pyridine rings is 1. The SMILES string of the molecule is NC1CC(Oc2ncc(Br)cc2Cl)C1. The van der Waals surface area contributed by atoms with Crippen molar-refractivity contribution in [1.82, 2.24) is 4.98 Å². The van der Waals surface area contributed by atoms with E-state index >= 15 is 0 Å². The molecule has 1 fully saturated rings.